The minimum atomic E-state index is -0.273. The van der Waals surface area contributed by atoms with E-state index in [1.807, 2.05) is 12.1 Å². The van der Waals surface area contributed by atoms with Crippen LogP contribution >= 0.6 is 23.6 Å². The monoisotopic (exact) mass is 441 g/mol. The number of thiazole rings is 1. The molecule has 4 rings (SSSR count). The number of amides is 1. The number of nitrogens with one attached hydrogen (secondary N) is 1. The Hall–Kier alpha value is -2.71. The van der Waals surface area contributed by atoms with Gasteiger partial charge in [-0.3, -0.25) is 10.1 Å². The molecule has 2 aromatic carbocycles. The lowest BCUT2D eigenvalue weighted by atomic mass is 9.98. The molecule has 6 nitrogen and oxygen atoms in total. The number of carbonyl (C=O) groups is 1. The van der Waals surface area contributed by atoms with E-state index in [0.29, 0.717) is 28.1 Å². The topological polar surface area (TPSA) is 63.7 Å². The number of carbonyl (C=O) groups excluding carboxylic acids is 1. The number of para-hydroxylation sites is 1. The highest BCUT2D eigenvalue weighted by Gasteiger charge is 2.25. The smallest absolute Gasteiger partial charge is 0.257 e. The molecular formula is C22H23N3O3S2. The molecule has 30 heavy (non-hydrogen) atoms. The molecule has 1 saturated heterocycles. The van der Waals surface area contributed by atoms with Crippen LogP contribution in [-0.4, -0.2) is 48.2 Å². The van der Waals surface area contributed by atoms with Crippen molar-refractivity contribution in [2.75, 3.05) is 27.3 Å². The fourth-order valence-electron chi connectivity index (χ4n) is 3.58. The molecule has 0 saturated carbocycles. The first-order chi connectivity index (χ1) is 14.6. The predicted octanol–water partition coefficient (Wildman–Crippen LogP) is 4.21. The van der Waals surface area contributed by atoms with E-state index in [9.17, 15) is 4.79 Å². The zero-order valence-corrected chi connectivity index (χ0v) is 18.5. The normalized spacial score (nSPS) is 14.5. The van der Waals surface area contributed by atoms with E-state index in [0.717, 1.165) is 31.4 Å². The van der Waals surface area contributed by atoms with Crippen molar-refractivity contribution in [3.8, 4) is 11.5 Å². The van der Waals surface area contributed by atoms with Crippen LogP contribution in [0.4, 0.5) is 0 Å². The maximum atomic E-state index is 12.7. The maximum absolute atomic E-state index is 12.7. The molecule has 0 aliphatic carbocycles. The summed E-state index contributed by atoms with van der Waals surface area (Å²) in [6.07, 6.45) is 1.92. The van der Waals surface area contributed by atoms with Gasteiger partial charge in [0, 0.05) is 30.6 Å². The number of fused-ring (bicyclic) bond motifs is 1. The van der Waals surface area contributed by atoms with Gasteiger partial charge in [-0.25, -0.2) is 4.98 Å². The summed E-state index contributed by atoms with van der Waals surface area (Å²) in [5.41, 5.74) is 1.51. The van der Waals surface area contributed by atoms with Crippen LogP contribution in [0, 0.1) is 0 Å². The Morgan fingerprint density at radius 1 is 1.13 bits per heavy atom. The van der Waals surface area contributed by atoms with Crippen molar-refractivity contribution >= 4 is 44.8 Å². The Kier molecular flexibility index (Phi) is 6.15. The number of benzene rings is 2. The van der Waals surface area contributed by atoms with Crippen LogP contribution in [0.3, 0.4) is 0 Å². The lowest BCUT2D eigenvalue weighted by Crippen LogP contribution is -2.46. The average molecular weight is 442 g/mol. The first kappa shape index (κ1) is 20.6. The molecule has 0 unspecified atom stereocenters. The lowest BCUT2D eigenvalue weighted by molar-refractivity contribution is 0.0971. The maximum Gasteiger partial charge on any atom is 0.257 e. The highest BCUT2D eigenvalue weighted by atomic mass is 32.1. The molecule has 0 radical (unpaired) electrons. The largest absolute Gasteiger partial charge is 0.497 e. The minimum Gasteiger partial charge on any atom is -0.497 e. The van der Waals surface area contributed by atoms with Gasteiger partial charge in [-0.05, 0) is 49.3 Å². The van der Waals surface area contributed by atoms with Gasteiger partial charge in [0.2, 0.25) is 0 Å². The highest BCUT2D eigenvalue weighted by Crippen LogP contribution is 2.33. The van der Waals surface area contributed by atoms with Crippen molar-refractivity contribution in [3.63, 3.8) is 0 Å². The van der Waals surface area contributed by atoms with Crippen LogP contribution in [-0.2, 0) is 0 Å². The summed E-state index contributed by atoms with van der Waals surface area (Å²) in [5.74, 6) is 1.27. The summed E-state index contributed by atoms with van der Waals surface area (Å²) in [6.45, 7) is 1.59. The third kappa shape index (κ3) is 4.39. The number of rotatable bonds is 4. The van der Waals surface area contributed by atoms with E-state index in [-0.39, 0.29) is 5.91 Å². The quantitative estimate of drug-likeness (QED) is 0.612. The lowest BCUT2D eigenvalue weighted by Gasteiger charge is -2.32. The van der Waals surface area contributed by atoms with Crippen molar-refractivity contribution in [2.45, 2.75) is 18.8 Å². The number of methoxy groups -OCH3 is 2. The SMILES string of the molecule is COc1cc(OC)cc(C(=O)NC(=S)N2CCC(c3nc4ccccc4s3)CC2)c1. The van der Waals surface area contributed by atoms with E-state index in [1.165, 1.54) is 9.71 Å². The van der Waals surface area contributed by atoms with E-state index in [1.54, 1.807) is 43.8 Å². The van der Waals surface area contributed by atoms with Gasteiger partial charge in [0.25, 0.3) is 5.91 Å². The van der Waals surface area contributed by atoms with E-state index in [2.05, 4.69) is 22.3 Å². The first-order valence-corrected chi connectivity index (χ1v) is 11.0. The van der Waals surface area contributed by atoms with E-state index >= 15 is 0 Å². The molecule has 1 aliphatic heterocycles. The summed E-state index contributed by atoms with van der Waals surface area (Å²) >= 11 is 7.27. The summed E-state index contributed by atoms with van der Waals surface area (Å²) in [4.78, 5) is 19.5. The van der Waals surface area contributed by atoms with Gasteiger partial charge in [0.1, 0.15) is 11.5 Å². The summed E-state index contributed by atoms with van der Waals surface area (Å²) in [7, 11) is 3.10. The number of aromatic nitrogens is 1. The van der Waals surface area contributed by atoms with Gasteiger partial charge in [0.15, 0.2) is 5.11 Å². The average Bonchev–Trinajstić information content (AvgIpc) is 3.23. The van der Waals surface area contributed by atoms with Crippen molar-refractivity contribution in [2.24, 2.45) is 0 Å². The number of piperidine rings is 1. The van der Waals surface area contributed by atoms with Crippen molar-refractivity contribution < 1.29 is 14.3 Å². The fourth-order valence-corrected chi connectivity index (χ4v) is 4.99. The predicted molar refractivity (Wildman–Crippen MR) is 123 cm³/mol. The van der Waals surface area contributed by atoms with Gasteiger partial charge < -0.3 is 14.4 Å². The van der Waals surface area contributed by atoms with Gasteiger partial charge in [-0.1, -0.05) is 12.1 Å². The molecule has 1 N–H and O–H groups in total. The van der Waals surface area contributed by atoms with Crippen LogP contribution in [0.15, 0.2) is 42.5 Å². The van der Waals surface area contributed by atoms with Crippen LogP contribution < -0.4 is 14.8 Å². The van der Waals surface area contributed by atoms with Gasteiger partial charge in [0.05, 0.1) is 29.4 Å². The number of hydrogen-bond donors (Lipinski definition) is 1. The third-order valence-electron chi connectivity index (χ3n) is 5.28. The van der Waals surface area contributed by atoms with Crippen LogP contribution in [0.1, 0.15) is 34.1 Å². The molecule has 1 amide bonds. The Labute approximate surface area is 184 Å². The number of nitrogens with zero attached hydrogens (tertiary/aromatic N) is 2. The Balaban J connectivity index is 1.37. The van der Waals surface area contributed by atoms with Crippen molar-refractivity contribution in [1.82, 2.24) is 15.2 Å². The zero-order valence-electron chi connectivity index (χ0n) is 16.9. The Bertz CT molecular complexity index is 1020. The number of likely N-dealkylation sites (tertiary alicyclic amines) is 1. The van der Waals surface area contributed by atoms with Crippen molar-refractivity contribution in [3.05, 3.63) is 53.0 Å². The molecule has 1 fully saturated rings. The summed E-state index contributed by atoms with van der Waals surface area (Å²) in [6, 6.07) is 13.3. The zero-order chi connectivity index (χ0) is 21.1. The number of hydrogen-bond acceptors (Lipinski definition) is 6. The second-order valence-electron chi connectivity index (χ2n) is 7.14. The molecule has 8 heteroatoms. The first-order valence-electron chi connectivity index (χ1n) is 9.76. The second-order valence-corrected chi connectivity index (χ2v) is 8.59. The van der Waals surface area contributed by atoms with E-state index in [4.69, 9.17) is 26.7 Å². The van der Waals surface area contributed by atoms with Crippen LogP contribution in [0.25, 0.3) is 10.2 Å². The molecule has 0 bridgehead atoms. The summed E-state index contributed by atoms with van der Waals surface area (Å²) in [5, 5.41) is 4.48. The number of ether oxygens (including phenoxy) is 2. The fraction of sp³-hybridized carbons (Fsp3) is 0.318. The molecule has 2 heterocycles. The highest BCUT2D eigenvalue weighted by molar-refractivity contribution is 7.80. The molecule has 1 aromatic heterocycles. The second kappa shape index (κ2) is 8.97. The third-order valence-corrected chi connectivity index (χ3v) is 6.84. The van der Waals surface area contributed by atoms with Gasteiger partial charge in [-0.15, -0.1) is 11.3 Å². The molecule has 156 valence electrons. The van der Waals surface area contributed by atoms with Crippen LogP contribution in [0.2, 0.25) is 0 Å². The molecule has 1 aliphatic rings. The standard InChI is InChI=1S/C22H23N3O3S2/c1-27-16-11-15(12-17(13-16)28-2)20(26)24-22(29)25-9-7-14(8-10-25)21-23-18-5-3-4-6-19(18)30-21/h3-6,11-14H,7-10H2,1-2H3,(H,24,26,29). The molecule has 0 spiro atoms. The molecular weight excluding hydrogens is 418 g/mol. The molecule has 3 aromatic rings. The Morgan fingerprint density at radius 3 is 2.43 bits per heavy atom. The van der Waals surface area contributed by atoms with Gasteiger partial charge >= 0.3 is 0 Å². The molecule has 0 atom stereocenters. The number of thiocarbonyl (C=S) groups is 1. The summed E-state index contributed by atoms with van der Waals surface area (Å²) < 4.78 is 11.7. The van der Waals surface area contributed by atoms with Crippen molar-refractivity contribution in [1.29, 1.82) is 0 Å². The van der Waals surface area contributed by atoms with Crippen LogP contribution in [0.5, 0.6) is 11.5 Å². The van der Waals surface area contributed by atoms with E-state index < -0.39 is 0 Å². The van der Waals surface area contributed by atoms with Gasteiger partial charge in [-0.2, -0.15) is 0 Å². The minimum absolute atomic E-state index is 0.273. The Morgan fingerprint density at radius 2 is 1.80 bits per heavy atom.